The van der Waals surface area contributed by atoms with Gasteiger partial charge in [0, 0.05) is 35.8 Å². The Morgan fingerprint density at radius 3 is 2.27 bits per heavy atom. The molecule has 4 rings (SSSR count). The number of hydrogen-bond acceptors (Lipinski definition) is 4. The Morgan fingerprint density at radius 2 is 1.58 bits per heavy atom. The Labute approximate surface area is 194 Å². The van der Waals surface area contributed by atoms with E-state index in [-0.39, 0.29) is 5.91 Å². The van der Waals surface area contributed by atoms with Gasteiger partial charge in [-0.15, -0.1) is 0 Å². The van der Waals surface area contributed by atoms with Gasteiger partial charge < -0.3 is 15.7 Å². The summed E-state index contributed by atoms with van der Waals surface area (Å²) >= 11 is 0. The van der Waals surface area contributed by atoms with Gasteiger partial charge in [0.2, 0.25) is 0 Å². The number of aromatic nitrogens is 1. The average Bonchev–Trinajstić information content (AvgIpc) is 2.88. The van der Waals surface area contributed by atoms with Gasteiger partial charge in [-0.25, -0.2) is 0 Å². The molecule has 0 bridgehead atoms. The molecule has 1 heterocycles. The van der Waals surface area contributed by atoms with Crippen LogP contribution in [0.5, 0.6) is 0 Å². The molecule has 1 aromatic heterocycles. The second kappa shape index (κ2) is 11.2. The van der Waals surface area contributed by atoms with Crippen molar-refractivity contribution in [3.63, 3.8) is 0 Å². The third kappa shape index (κ3) is 6.35. The van der Waals surface area contributed by atoms with Gasteiger partial charge in [-0.2, -0.15) is 0 Å². The molecule has 3 N–H and O–H groups in total. The highest BCUT2D eigenvalue weighted by atomic mass is 16.3. The zero-order valence-electron chi connectivity index (χ0n) is 18.3. The monoisotopic (exact) mass is 437 g/mol. The van der Waals surface area contributed by atoms with Gasteiger partial charge in [-0.3, -0.25) is 9.78 Å². The molecule has 0 unspecified atom stereocenters. The number of carbonyl (C=O) groups excluding carboxylic acids is 1. The van der Waals surface area contributed by atoms with E-state index in [4.69, 9.17) is 0 Å². The molecule has 1 amide bonds. The lowest BCUT2D eigenvalue weighted by molar-refractivity contribution is 0.102. The summed E-state index contributed by atoms with van der Waals surface area (Å²) in [6.45, 7) is 1.22. The van der Waals surface area contributed by atoms with Crippen molar-refractivity contribution in [2.24, 2.45) is 0 Å². The fraction of sp³-hybridized carbons (Fsp3) is 0.143. The number of hydrogen-bond donors (Lipinski definition) is 3. The van der Waals surface area contributed by atoms with E-state index >= 15 is 0 Å². The quantitative estimate of drug-likeness (QED) is 0.327. The number of nitrogens with zero attached hydrogens (tertiary/aromatic N) is 1. The second-order valence-electron chi connectivity index (χ2n) is 7.85. The number of anilines is 1. The normalized spacial score (nSPS) is 11.7. The first-order valence-electron chi connectivity index (χ1n) is 11.0. The van der Waals surface area contributed by atoms with Gasteiger partial charge in [0.1, 0.15) is 0 Å². The maximum atomic E-state index is 12.6. The van der Waals surface area contributed by atoms with E-state index in [1.165, 1.54) is 0 Å². The Balaban J connectivity index is 1.24. The van der Waals surface area contributed by atoms with Crippen LogP contribution in [-0.2, 0) is 6.42 Å². The maximum Gasteiger partial charge on any atom is 0.255 e. The molecule has 0 saturated carbocycles. The van der Waals surface area contributed by atoms with Crippen molar-refractivity contribution in [3.05, 3.63) is 120 Å². The summed E-state index contributed by atoms with van der Waals surface area (Å²) in [5, 5.41) is 16.4. The lowest BCUT2D eigenvalue weighted by Crippen LogP contribution is -2.23. The van der Waals surface area contributed by atoms with E-state index in [9.17, 15) is 9.90 Å². The zero-order valence-corrected chi connectivity index (χ0v) is 18.3. The minimum atomic E-state index is -0.571. The molecule has 5 heteroatoms. The van der Waals surface area contributed by atoms with Gasteiger partial charge in [-0.1, -0.05) is 60.7 Å². The largest absolute Gasteiger partial charge is 0.387 e. The Kier molecular flexibility index (Phi) is 7.59. The number of pyridine rings is 1. The van der Waals surface area contributed by atoms with Crippen molar-refractivity contribution in [2.45, 2.75) is 12.5 Å². The lowest BCUT2D eigenvalue weighted by atomic mass is 10.0. The van der Waals surface area contributed by atoms with E-state index in [0.29, 0.717) is 12.1 Å². The number of carbonyl (C=O) groups is 1. The summed E-state index contributed by atoms with van der Waals surface area (Å²) in [4.78, 5) is 16.6. The summed E-state index contributed by atoms with van der Waals surface area (Å²) in [7, 11) is 0. The molecule has 1 atom stereocenters. The predicted octanol–water partition coefficient (Wildman–Crippen LogP) is 4.87. The summed E-state index contributed by atoms with van der Waals surface area (Å²) < 4.78 is 0. The first-order valence-corrected chi connectivity index (χ1v) is 11.0. The van der Waals surface area contributed by atoms with Crippen LogP contribution < -0.4 is 10.6 Å². The summed E-state index contributed by atoms with van der Waals surface area (Å²) in [5.41, 5.74) is 5.55. The van der Waals surface area contributed by atoms with Gasteiger partial charge >= 0.3 is 0 Å². The van der Waals surface area contributed by atoms with E-state index < -0.39 is 6.10 Å². The van der Waals surface area contributed by atoms with E-state index in [1.54, 1.807) is 12.4 Å². The second-order valence-corrected chi connectivity index (χ2v) is 7.85. The number of benzene rings is 3. The molecule has 0 spiro atoms. The van der Waals surface area contributed by atoms with Crippen molar-refractivity contribution in [1.29, 1.82) is 0 Å². The van der Waals surface area contributed by atoms with Crippen LogP contribution in [0.15, 0.2) is 103 Å². The van der Waals surface area contributed by atoms with E-state index in [0.717, 1.165) is 40.9 Å². The minimum Gasteiger partial charge on any atom is -0.387 e. The van der Waals surface area contributed by atoms with Crippen molar-refractivity contribution in [1.82, 2.24) is 10.3 Å². The number of nitrogens with one attached hydrogen (secondary N) is 2. The lowest BCUT2D eigenvalue weighted by Gasteiger charge is -2.12. The van der Waals surface area contributed by atoms with Crippen LogP contribution in [0.2, 0.25) is 0 Å². The average molecular weight is 438 g/mol. The van der Waals surface area contributed by atoms with Crippen LogP contribution in [0.4, 0.5) is 5.69 Å². The van der Waals surface area contributed by atoms with Crippen LogP contribution in [0.25, 0.3) is 11.1 Å². The molecule has 0 saturated heterocycles. The van der Waals surface area contributed by atoms with Crippen LogP contribution in [0.1, 0.15) is 27.6 Å². The van der Waals surface area contributed by atoms with Gasteiger partial charge in [0.25, 0.3) is 5.91 Å². The Morgan fingerprint density at radius 1 is 0.848 bits per heavy atom. The first kappa shape index (κ1) is 22.4. The van der Waals surface area contributed by atoms with Crippen LogP contribution in [0.3, 0.4) is 0 Å². The highest BCUT2D eigenvalue weighted by Gasteiger charge is 2.08. The molecule has 0 fully saturated rings. The van der Waals surface area contributed by atoms with Crippen molar-refractivity contribution in [2.75, 3.05) is 18.4 Å². The molecular formula is C28H27N3O2. The first-order chi connectivity index (χ1) is 16.2. The van der Waals surface area contributed by atoms with Gasteiger partial charge in [-0.05, 0) is 60.0 Å². The number of aliphatic hydroxyl groups is 1. The van der Waals surface area contributed by atoms with Crippen molar-refractivity contribution < 1.29 is 9.90 Å². The van der Waals surface area contributed by atoms with Crippen molar-refractivity contribution in [3.8, 4) is 11.1 Å². The fourth-order valence-electron chi connectivity index (χ4n) is 3.57. The molecule has 5 nitrogen and oxygen atoms in total. The van der Waals surface area contributed by atoms with Crippen LogP contribution in [0, 0.1) is 0 Å². The molecule has 0 aliphatic carbocycles. The summed E-state index contributed by atoms with van der Waals surface area (Å²) in [6, 6.07) is 29.2. The molecule has 0 aliphatic rings. The number of aliphatic hydroxyl groups excluding tert-OH is 1. The minimum absolute atomic E-state index is 0.131. The third-order valence-corrected chi connectivity index (χ3v) is 5.46. The summed E-state index contributed by atoms with van der Waals surface area (Å²) in [5.74, 6) is -0.131. The fourth-order valence-corrected chi connectivity index (χ4v) is 3.57. The highest BCUT2D eigenvalue weighted by molar-refractivity contribution is 6.04. The molecule has 4 aromatic rings. The summed E-state index contributed by atoms with van der Waals surface area (Å²) in [6.07, 6.45) is 3.63. The molecule has 0 radical (unpaired) electrons. The highest BCUT2D eigenvalue weighted by Crippen LogP contribution is 2.20. The maximum absolute atomic E-state index is 12.6. The van der Waals surface area contributed by atoms with Gasteiger partial charge in [0.05, 0.1) is 6.10 Å². The predicted molar refractivity (Wildman–Crippen MR) is 132 cm³/mol. The van der Waals surface area contributed by atoms with E-state index in [2.05, 4.69) is 27.8 Å². The SMILES string of the molecule is O=C(Nc1ccc(CCNC[C@H](O)c2cccnc2)cc1)c1ccc(-c2ccccc2)cc1. The van der Waals surface area contributed by atoms with Crippen LogP contribution >= 0.6 is 0 Å². The molecule has 166 valence electrons. The molecule has 33 heavy (non-hydrogen) atoms. The Hall–Kier alpha value is -3.80. The Bertz CT molecular complexity index is 1150. The smallest absolute Gasteiger partial charge is 0.255 e. The van der Waals surface area contributed by atoms with Gasteiger partial charge in [0.15, 0.2) is 0 Å². The van der Waals surface area contributed by atoms with Crippen molar-refractivity contribution >= 4 is 11.6 Å². The third-order valence-electron chi connectivity index (χ3n) is 5.46. The standard InChI is InChI=1S/C28H27N3O2/c32-27(25-7-4-17-29-19-25)20-30-18-16-21-8-14-26(15-9-21)31-28(33)24-12-10-23(11-13-24)22-5-2-1-3-6-22/h1-15,17,19,27,30,32H,16,18,20H2,(H,31,33)/t27-/m0/s1. The van der Waals surface area contributed by atoms with E-state index in [1.807, 2.05) is 78.9 Å². The molecule has 0 aliphatic heterocycles. The number of amides is 1. The molecular weight excluding hydrogens is 410 g/mol. The zero-order chi connectivity index (χ0) is 22.9. The molecule has 3 aromatic carbocycles. The number of rotatable bonds is 9. The van der Waals surface area contributed by atoms with Crippen LogP contribution in [-0.4, -0.2) is 29.1 Å². The topological polar surface area (TPSA) is 74.2 Å².